The average Bonchev–Trinajstić information content (AvgIpc) is 2.32. The molecule has 0 atom stereocenters. The smallest absolute Gasteiger partial charge is 0.126 e. The van der Waals surface area contributed by atoms with Crippen molar-refractivity contribution in [2.24, 2.45) is 5.92 Å². The van der Waals surface area contributed by atoms with Crippen LogP contribution in [0.15, 0.2) is 24.3 Å². The lowest BCUT2D eigenvalue weighted by atomic mass is 9.87. The van der Waals surface area contributed by atoms with Crippen LogP contribution in [0.4, 0.5) is 4.39 Å². The fourth-order valence-corrected chi connectivity index (χ4v) is 2.48. The van der Waals surface area contributed by atoms with E-state index in [0.29, 0.717) is 5.75 Å². The first-order chi connectivity index (χ1) is 8.28. The molecule has 3 heteroatoms. The number of hydrogen-bond acceptors (Lipinski definition) is 2. The van der Waals surface area contributed by atoms with Gasteiger partial charge in [0.1, 0.15) is 11.6 Å². The normalized spacial score (nSPS) is 24.6. The van der Waals surface area contributed by atoms with Gasteiger partial charge in [-0.15, -0.1) is 0 Å². The van der Waals surface area contributed by atoms with E-state index in [9.17, 15) is 4.39 Å². The number of benzene rings is 1. The van der Waals surface area contributed by atoms with Gasteiger partial charge in [-0.05, 0) is 57.3 Å². The standard InChI is InChI=1S/C14H20FNO/c1-16-10-11-5-7-13(8-6-11)17-14-4-2-3-12(15)9-14/h2-4,9,11,13,16H,5-8,10H2,1H3. The van der Waals surface area contributed by atoms with Crippen LogP contribution >= 0.6 is 0 Å². The number of halogens is 1. The second-order valence-corrected chi connectivity index (χ2v) is 4.78. The zero-order valence-electron chi connectivity index (χ0n) is 10.3. The Balaban J connectivity index is 1.82. The van der Waals surface area contributed by atoms with E-state index in [-0.39, 0.29) is 11.9 Å². The molecule has 0 unspecified atom stereocenters. The van der Waals surface area contributed by atoms with E-state index in [0.717, 1.165) is 25.3 Å². The maximum absolute atomic E-state index is 13.0. The summed E-state index contributed by atoms with van der Waals surface area (Å²) in [6.07, 6.45) is 4.79. The fourth-order valence-electron chi connectivity index (χ4n) is 2.48. The summed E-state index contributed by atoms with van der Waals surface area (Å²) in [7, 11) is 2.00. The molecular weight excluding hydrogens is 217 g/mol. The zero-order chi connectivity index (χ0) is 12.1. The highest BCUT2D eigenvalue weighted by Gasteiger charge is 2.21. The Labute approximate surface area is 102 Å². The van der Waals surface area contributed by atoms with Crippen molar-refractivity contribution in [3.05, 3.63) is 30.1 Å². The molecule has 1 aliphatic carbocycles. The summed E-state index contributed by atoms with van der Waals surface area (Å²) in [6.45, 7) is 1.09. The Bertz CT molecular complexity index is 348. The van der Waals surface area contributed by atoms with E-state index >= 15 is 0 Å². The predicted octanol–water partition coefficient (Wildman–Crippen LogP) is 2.98. The van der Waals surface area contributed by atoms with Gasteiger partial charge in [0.05, 0.1) is 6.10 Å². The highest BCUT2D eigenvalue weighted by Crippen LogP contribution is 2.27. The van der Waals surface area contributed by atoms with Gasteiger partial charge in [-0.2, -0.15) is 0 Å². The molecule has 0 spiro atoms. The molecule has 0 radical (unpaired) electrons. The third-order valence-corrected chi connectivity index (χ3v) is 3.39. The van der Waals surface area contributed by atoms with Gasteiger partial charge in [0.25, 0.3) is 0 Å². The Hall–Kier alpha value is -1.09. The lowest BCUT2D eigenvalue weighted by molar-refractivity contribution is 0.130. The minimum Gasteiger partial charge on any atom is -0.490 e. The van der Waals surface area contributed by atoms with Gasteiger partial charge in [-0.25, -0.2) is 4.39 Å². The summed E-state index contributed by atoms with van der Waals surface area (Å²) in [5.74, 6) is 1.20. The minimum atomic E-state index is -0.230. The average molecular weight is 237 g/mol. The van der Waals surface area contributed by atoms with Crippen LogP contribution in [0.25, 0.3) is 0 Å². The van der Waals surface area contributed by atoms with Crippen LogP contribution in [0.2, 0.25) is 0 Å². The molecule has 1 N–H and O–H groups in total. The lowest BCUT2D eigenvalue weighted by Crippen LogP contribution is -2.28. The number of nitrogens with one attached hydrogen (secondary N) is 1. The molecule has 1 aromatic rings. The maximum atomic E-state index is 13.0. The predicted molar refractivity (Wildman–Crippen MR) is 66.7 cm³/mol. The van der Waals surface area contributed by atoms with Crippen molar-refractivity contribution in [3.63, 3.8) is 0 Å². The summed E-state index contributed by atoms with van der Waals surface area (Å²) in [6, 6.07) is 6.41. The first-order valence-electron chi connectivity index (χ1n) is 6.34. The van der Waals surface area contributed by atoms with Gasteiger partial charge < -0.3 is 10.1 Å². The van der Waals surface area contributed by atoms with Crippen molar-refractivity contribution in [1.29, 1.82) is 0 Å². The first kappa shape index (κ1) is 12.4. The number of hydrogen-bond donors (Lipinski definition) is 1. The van der Waals surface area contributed by atoms with E-state index in [1.165, 1.54) is 25.0 Å². The van der Waals surface area contributed by atoms with E-state index in [1.54, 1.807) is 6.07 Å². The molecule has 17 heavy (non-hydrogen) atoms. The van der Waals surface area contributed by atoms with Crippen LogP contribution in [-0.4, -0.2) is 19.7 Å². The van der Waals surface area contributed by atoms with E-state index in [2.05, 4.69) is 5.32 Å². The highest BCUT2D eigenvalue weighted by atomic mass is 19.1. The maximum Gasteiger partial charge on any atom is 0.126 e. The molecule has 1 fully saturated rings. The topological polar surface area (TPSA) is 21.3 Å². The highest BCUT2D eigenvalue weighted by molar-refractivity contribution is 5.22. The quantitative estimate of drug-likeness (QED) is 0.869. The van der Waals surface area contributed by atoms with Gasteiger partial charge in [0, 0.05) is 6.07 Å². The van der Waals surface area contributed by atoms with E-state index in [1.807, 2.05) is 13.1 Å². The van der Waals surface area contributed by atoms with Crippen LogP contribution < -0.4 is 10.1 Å². The van der Waals surface area contributed by atoms with Crippen LogP contribution in [-0.2, 0) is 0 Å². The largest absolute Gasteiger partial charge is 0.490 e. The third kappa shape index (κ3) is 3.70. The molecule has 2 rings (SSSR count). The Morgan fingerprint density at radius 2 is 2.06 bits per heavy atom. The van der Waals surface area contributed by atoms with Gasteiger partial charge in [-0.1, -0.05) is 6.07 Å². The Kier molecular flexibility index (Phi) is 4.37. The summed E-state index contributed by atoms with van der Waals surface area (Å²) < 4.78 is 18.8. The van der Waals surface area contributed by atoms with Crippen LogP contribution in [0.5, 0.6) is 5.75 Å². The molecule has 94 valence electrons. The zero-order valence-corrected chi connectivity index (χ0v) is 10.3. The van der Waals surface area contributed by atoms with Crippen molar-refractivity contribution >= 4 is 0 Å². The molecule has 1 aliphatic rings. The fraction of sp³-hybridized carbons (Fsp3) is 0.571. The van der Waals surface area contributed by atoms with Gasteiger partial charge in [-0.3, -0.25) is 0 Å². The van der Waals surface area contributed by atoms with E-state index < -0.39 is 0 Å². The summed E-state index contributed by atoms with van der Waals surface area (Å²) in [4.78, 5) is 0. The van der Waals surface area contributed by atoms with Crippen molar-refractivity contribution in [2.75, 3.05) is 13.6 Å². The Morgan fingerprint density at radius 3 is 2.71 bits per heavy atom. The van der Waals surface area contributed by atoms with E-state index in [4.69, 9.17) is 4.74 Å². The number of rotatable bonds is 4. The molecule has 2 nitrogen and oxygen atoms in total. The minimum absolute atomic E-state index is 0.230. The van der Waals surface area contributed by atoms with Gasteiger partial charge in [0.2, 0.25) is 0 Å². The summed E-state index contributed by atoms with van der Waals surface area (Å²) in [5, 5.41) is 3.22. The third-order valence-electron chi connectivity index (χ3n) is 3.39. The summed E-state index contributed by atoms with van der Waals surface area (Å²) in [5.41, 5.74) is 0. The van der Waals surface area contributed by atoms with Crippen LogP contribution in [0.1, 0.15) is 25.7 Å². The second-order valence-electron chi connectivity index (χ2n) is 4.78. The monoisotopic (exact) mass is 237 g/mol. The first-order valence-corrected chi connectivity index (χ1v) is 6.34. The molecule has 0 bridgehead atoms. The molecule has 1 saturated carbocycles. The SMILES string of the molecule is CNCC1CCC(Oc2cccc(F)c2)CC1. The summed E-state index contributed by atoms with van der Waals surface area (Å²) >= 11 is 0. The van der Waals surface area contributed by atoms with Gasteiger partial charge >= 0.3 is 0 Å². The molecule has 0 amide bonds. The van der Waals surface area contributed by atoms with Gasteiger partial charge in [0.15, 0.2) is 0 Å². The van der Waals surface area contributed by atoms with Crippen LogP contribution in [0, 0.1) is 11.7 Å². The molecule has 0 aromatic heterocycles. The number of ether oxygens (including phenoxy) is 1. The van der Waals surface area contributed by atoms with Crippen molar-refractivity contribution in [2.45, 2.75) is 31.8 Å². The lowest BCUT2D eigenvalue weighted by Gasteiger charge is -2.28. The molecule has 0 saturated heterocycles. The molecule has 0 heterocycles. The Morgan fingerprint density at radius 1 is 1.29 bits per heavy atom. The second kappa shape index (κ2) is 6.01. The molecular formula is C14H20FNO. The molecule has 0 aliphatic heterocycles. The van der Waals surface area contributed by atoms with Crippen molar-refractivity contribution in [1.82, 2.24) is 5.32 Å². The molecule has 1 aromatic carbocycles. The van der Waals surface area contributed by atoms with Crippen LogP contribution in [0.3, 0.4) is 0 Å². The van der Waals surface area contributed by atoms with Crippen molar-refractivity contribution < 1.29 is 9.13 Å². The van der Waals surface area contributed by atoms with Crippen molar-refractivity contribution in [3.8, 4) is 5.75 Å².